The number of nitriles is 1. The van der Waals surface area contributed by atoms with Crippen LogP contribution in [0.3, 0.4) is 0 Å². The Bertz CT molecular complexity index is 534. The standard InChI is InChI=1S/C12H18N4O2/c1-3-15(4-2)6-5-7-16-9-10(8-13)11(17)14-12(16)18/h9H,3-7H2,1-2H3,(H,14,17,18). The lowest BCUT2D eigenvalue weighted by Crippen LogP contribution is -2.32. The zero-order valence-electron chi connectivity index (χ0n) is 10.8. The van der Waals surface area contributed by atoms with Crippen LogP contribution in [0.5, 0.6) is 0 Å². The molecule has 1 rings (SSSR count). The van der Waals surface area contributed by atoms with Crippen molar-refractivity contribution in [2.45, 2.75) is 26.8 Å². The van der Waals surface area contributed by atoms with Crippen LogP contribution in [0.4, 0.5) is 0 Å². The van der Waals surface area contributed by atoms with Crippen LogP contribution in [0.1, 0.15) is 25.8 Å². The molecular formula is C12H18N4O2. The molecule has 0 spiro atoms. The third-order valence-corrected chi connectivity index (χ3v) is 2.90. The fraction of sp³-hybridized carbons (Fsp3) is 0.583. The molecule has 0 atom stereocenters. The molecule has 6 nitrogen and oxygen atoms in total. The molecule has 1 aromatic rings. The minimum atomic E-state index is -0.623. The van der Waals surface area contributed by atoms with Gasteiger partial charge in [0, 0.05) is 12.7 Å². The van der Waals surface area contributed by atoms with Crippen molar-refractivity contribution in [2.75, 3.05) is 19.6 Å². The Labute approximate surface area is 105 Å². The van der Waals surface area contributed by atoms with E-state index >= 15 is 0 Å². The van der Waals surface area contributed by atoms with Gasteiger partial charge in [-0.25, -0.2) is 4.79 Å². The molecule has 18 heavy (non-hydrogen) atoms. The number of aromatic amines is 1. The van der Waals surface area contributed by atoms with Crippen molar-refractivity contribution in [2.24, 2.45) is 0 Å². The lowest BCUT2D eigenvalue weighted by Gasteiger charge is -2.17. The molecule has 6 heteroatoms. The van der Waals surface area contributed by atoms with E-state index in [1.807, 2.05) is 0 Å². The maximum absolute atomic E-state index is 11.5. The molecule has 1 heterocycles. The summed E-state index contributed by atoms with van der Waals surface area (Å²) in [7, 11) is 0. The second-order valence-corrected chi connectivity index (χ2v) is 3.99. The van der Waals surface area contributed by atoms with Gasteiger partial charge < -0.3 is 4.90 Å². The molecule has 0 amide bonds. The van der Waals surface area contributed by atoms with Gasteiger partial charge in [-0.15, -0.1) is 0 Å². The number of aromatic nitrogens is 2. The summed E-state index contributed by atoms with van der Waals surface area (Å²) in [5, 5.41) is 8.73. The molecule has 0 fully saturated rings. The number of hydrogen-bond acceptors (Lipinski definition) is 4. The van der Waals surface area contributed by atoms with Crippen molar-refractivity contribution in [1.82, 2.24) is 14.5 Å². The first-order chi connectivity index (χ1) is 8.62. The molecule has 1 aromatic heterocycles. The van der Waals surface area contributed by atoms with Crippen molar-refractivity contribution in [3.63, 3.8) is 0 Å². The maximum atomic E-state index is 11.5. The summed E-state index contributed by atoms with van der Waals surface area (Å²) in [5.41, 5.74) is -1.11. The zero-order valence-corrected chi connectivity index (χ0v) is 10.8. The van der Waals surface area contributed by atoms with Gasteiger partial charge >= 0.3 is 5.69 Å². The second-order valence-electron chi connectivity index (χ2n) is 3.99. The molecule has 1 N–H and O–H groups in total. The highest BCUT2D eigenvalue weighted by atomic mass is 16.2. The fourth-order valence-corrected chi connectivity index (χ4v) is 1.76. The first-order valence-corrected chi connectivity index (χ1v) is 6.08. The van der Waals surface area contributed by atoms with E-state index in [-0.39, 0.29) is 5.56 Å². The molecule has 98 valence electrons. The van der Waals surface area contributed by atoms with Crippen molar-refractivity contribution >= 4 is 0 Å². The van der Waals surface area contributed by atoms with E-state index in [9.17, 15) is 9.59 Å². The molecular weight excluding hydrogens is 232 g/mol. The van der Waals surface area contributed by atoms with Crippen molar-refractivity contribution in [3.05, 3.63) is 32.6 Å². The highest BCUT2D eigenvalue weighted by molar-refractivity contribution is 5.21. The Balaban J connectivity index is 2.71. The summed E-state index contributed by atoms with van der Waals surface area (Å²) >= 11 is 0. The Hall–Kier alpha value is -1.87. The quantitative estimate of drug-likeness (QED) is 0.778. The van der Waals surface area contributed by atoms with Crippen LogP contribution in [0.15, 0.2) is 15.8 Å². The SMILES string of the molecule is CCN(CC)CCCn1cc(C#N)c(=O)[nH]c1=O. The predicted molar refractivity (Wildman–Crippen MR) is 68.4 cm³/mol. The van der Waals surface area contributed by atoms with Crippen LogP contribution in [0.2, 0.25) is 0 Å². The third kappa shape index (κ3) is 3.57. The number of nitrogens with zero attached hydrogens (tertiary/aromatic N) is 3. The van der Waals surface area contributed by atoms with E-state index in [4.69, 9.17) is 5.26 Å². The summed E-state index contributed by atoms with van der Waals surface area (Å²) in [6, 6.07) is 1.77. The van der Waals surface area contributed by atoms with Crippen LogP contribution < -0.4 is 11.2 Å². The predicted octanol–water partition coefficient (Wildman–Crippen LogP) is 0.140. The van der Waals surface area contributed by atoms with Crippen LogP contribution in [-0.4, -0.2) is 34.1 Å². The first kappa shape index (κ1) is 14.2. The van der Waals surface area contributed by atoms with E-state index < -0.39 is 11.2 Å². The van der Waals surface area contributed by atoms with E-state index in [0.717, 1.165) is 26.1 Å². The normalized spacial score (nSPS) is 10.6. The summed E-state index contributed by atoms with van der Waals surface area (Å²) in [6.07, 6.45) is 2.13. The molecule has 0 aliphatic carbocycles. The van der Waals surface area contributed by atoms with Gasteiger partial charge in [0.25, 0.3) is 5.56 Å². The average Bonchev–Trinajstić information content (AvgIpc) is 2.37. The molecule has 0 bridgehead atoms. The second kappa shape index (κ2) is 6.77. The smallest absolute Gasteiger partial charge is 0.304 e. The van der Waals surface area contributed by atoms with Gasteiger partial charge in [-0.05, 0) is 26.1 Å². The van der Waals surface area contributed by atoms with Crippen molar-refractivity contribution in [1.29, 1.82) is 5.26 Å². The van der Waals surface area contributed by atoms with Crippen LogP contribution >= 0.6 is 0 Å². The van der Waals surface area contributed by atoms with Gasteiger partial charge in [-0.2, -0.15) is 5.26 Å². The monoisotopic (exact) mass is 250 g/mol. The molecule has 0 saturated heterocycles. The largest absolute Gasteiger partial charge is 0.328 e. The van der Waals surface area contributed by atoms with Gasteiger partial charge in [-0.3, -0.25) is 14.3 Å². The molecule has 0 unspecified atom stereocenters. The summed E-state index contributed by atoms with van der Waals surface area (Å²) < 4.78 is 1.38. The van der Waals surface area contributed by atoms with Gasteiger partial charge in [-0.1, -0.05) is 13.8 Å². The third-order valence-electron chi connectivity index (χ3n) is 2.90. The minimum absolute atomic E-state index is 0.0301. The van der Waals surface area contributed by atoms with Crippen LogP contribution in [0, 0.1) is 11.3 Å². The molecule has 0 aliphatic rings. The topological polar surface area (TPSA) is 81.9 Å². The highest BCUT2D eigenvalue weighted by Crippen LogP contribution is 1.93. The summed E-state index contributed by atoms with van der Waals surface area (Å²) in [4.78, 5) is 27.1. The maximum Gasteiger partial charge on any atom is 0.328 e. The zero-order chi connectivity index (χ0) is 13.5. The van der Waals surface area contributed by atoms with Gasteiger partial charge in [0.2, 0.25) is 0 Å². The Morgan fingerprint density at radius 2 is 2.06 bits per heavy atom. The van der Waals surface area contributed by atoms with E-state index in [1.54, 1.807) is 6.07 Å². The number of rotatable bonds is 6. The average molecular weight is 250 g/mol. The van der Waals surface area contributed by atoms with E-state index in [2.05, 4.69) is 23.7 Å². The molecule has 0 saturated carbocycles. The lowest BCUT2D eigenvalue weighted by atomic mass is 10.3. The first-order valence-electron chi connectivity index (χ1n) is 6.08. The Morgan fingerprint density at radius 1 is 1.39 bits per heavy atom. The van der Waals surface area contributed by atoms with Crippen LogP contribution in [0.25, 0.3) is 0 Å². The molecule has 0 radical (unpaired) electrons. The number of aryl methyl sites for hydroxylation is 1. The highest BCUT2D eigenvalue weighted by Gasteiger charge is 2.04. The van der Waals surface area contributed by atoms with E-state index in [0.29, 0.717) is 6.54 Å². The lowest BCUT2D eigenvalue weighted by molar-refractivity contribution is 0.292. The minimum Gasteiger partial charge on any atom is -0.304 e. The summed E-state index contributed by atoms with van der Waals surface area (Å²) in [5.74, 6) is 0. The van der Waals surface area contributed by atoms with Crippen molar-refractivity contribution < 1.29 is 0 Å². The molecule has 0 aliphatic heterocycles. The van der Waals surface area contributed by atoms with Crippen molar-refractivity contribution in [3.8, 4) is 6.07 Å². The number of hydrogen-bond donors (Lipinski definition) is 1. The fourth-order valence-electron chi connectivity index (χ4n) is 1.76. The van der Waals surface area contributed by atoms with Gasteiger partial charge in [0.1, 0.15) is 11.6 Å². The Morgan fingerprint density at radius 3 is 2.61 bits per heavy atom. The number of H-pyrrole nitrogens is 1. The van der Waals surface area contributed by atoms with Crippen LogP contribution in [-0.2, 0) is 6.54 Å². The number of nitrogens with one attached hydrogen (secondary N) is 1. The van der Waals surface area contributed by atoms with Gasteiger partial charge in [0.05, 0.1) is 0 Å². The molecule has 0 aromatic carbocycles. The van der Waals surface area contributed by atoms with Gasteiger partial charge in [0.15, 0.2) is 0 Å². The Kier molecular flexibility index (Phi) is 5.33. The van der Waals surface area contributed by atoms with E-state index in [1.165, 1.54) is 10.8 Å². The summed E-state index contributed by atoms with van der Waals surface area (Å²) in [6.45, 7) is 7.51.